The predicted molar refractivity (Wildman–Crippen MR) is 140 cm³/mol. The SMILES string of the molecule is CC[C@@H](C)NC(=O)[C@H](C)N(Cc1ccccc1Cl)C(=O)CN(c1ccc(OC)c(Cl)c1)S(C)(=O)=O. The summed E-state index contributed by atoms with van der Waals surface area (Å²) in [6.45, 7) is 4.89. The standard InChI is InChI=1S/C24H31Cl2N3O5S/c1-6-16(2)27-24(31)17(3)28(14-18-9-7-8-10-20(18)25)23(30)15-29(35(5,32)33)19-11-12-22(34-4)21(26)13-19/h7-13,16-17H,6,14-15H2,1-5H3,(H,27,31)/t16-,17+/m1/s1. The smallest absolute Gasteiger partial charge is 0.244 e. The maximum Gasteiger partial charge on any atom is 0.244 e. The highest BCUT2D eigenvalue weighted by Crippen LogP contribution is 2.30. The lowest BCUT2D eigenvalue weighted by Gasteiger charge is -2.32. The molecule has 2 amide bonds. The maximum absolute atomic E-state index is 13.5. The van der Waals surface area contributed by atoms with Crippen molar-refractivity contribution in [1.82, 2.24) is 10.2 Å². The summed E-state index contributed by atoms with van der Waals surface area (Å²) >= 11 is 12.5. The van der Waals surface area contributed by atoms with Crippen molar-refractivity contribution in [3.63, 3.8) is 0 Å². The zero-order valence-electron chi connectivity index (χ0n) is 20.4. The van der Waals surface area contributed by atoms with Crippen molar-refractivity contribution in [1.29, 1.82) is 0 Å². The molecular weight excluding hydrogens is 513 g/mol. The molecule has 0 spiro atoms. The molecule has 0 aliphatic heterocycles. The van der Waals surface area contributed by atoms with Crippen LogP contribution in [0.1, 0.15) is 32.8 Å². The van der Waals surface area contributed by atoms with Gasteiger partial charge in [0.1, 0.15) is 18.3 Å². The number of rotatable bonds is 11. The number of hydrogen-bond acceptors (Lipinski definition) is 5. The molecule has 0 aliphatic rings. The number of carbonyl (C=O) groups excluding carboxylic acids is 2. The van der Waals surface area contributed by atoms with E-state index in [2.05, 4.69) is 5.32 Å². The van der Waals surface area contributed by atoms with Gasteiger partial charge in [0.25, 0.3) is 0 Å². The molecule has 192 valence electrons. The number of anilines is 1. The molecule has 0 saturated carbocycles. The monoisotopic (exact) mass is 543 g/mol. The van der Waals surface area contributed by atoms with E-state index in [-0.39, 0.29) is 29.2 Å². The maximum atomic E-state index is 13.5. The van der Waals surface area contributed by atoms with Crippen molar-refractivity contribution in [3.05, 3.63) is 58.1 Å². The lowest BCUT2D eigenvalue weighted by atomic mass is 10.1. The molecule has 2 aromatic carbocycles. The Morgan fingerprint density at radius 2 is 1.74 bits per heavy atom. The fourth-order valence-corrected chi connectivity index (χ4v) is 4.57. The third-order valence-corrected chi connectivity index (χ3v) is 7.37. The third-order valence-electron chi connectivity index (χ3n) is 5.57. The Balaban J connectivity index is 2.43. The molecule has 0 fully saturated rings. The highest BCUT2D eigenvalue weighted by Gasteiger charge is 2.31. The second-order valence-corrected chi connectivity index (χ2v) is 10.9. The number of methoxy groups -OCH3 is 1. The molecule has 8 nitrogen and oxygen atoms in total. The van der Waals surface area contributed by atoms with Crippen molar-refractivity contribution in [2.45, 2.75) is 45.8 Å². The first kappa shape index (κ1) is 28.7. The van der Waals surface area contributed by atoms with E-state index in [1.807, 2.05) is 13.8 Å². The van der Waals surface area contributed by atoms with Crippen molar-refractivity contribution in [2.24, 2.45) is 0 Å². The molecule has 2 rings (SSSR count). The Hall–Kier alpha value is -2.49. The van der Waals surface area contributed by atoms with Crippen molar-refractivity contribution in [3.8, 4) is 5.75 Å². The molecule has 0 unspecified atom stereocenters. The van der Waals surface area contributed by atoms with E-state index in [9.17, 15) is 18.0 Å². The zero-order valence-corrected chi connectivity index (χ0v) is 22.7. The number of sulfonamides is 1. The summed E-state index contributed by atoms with van der Waals surface area (Å²) in [6, 6.07) is 10.4. The minimum absolute atomic E-state index is 0.0224. The largest absolute Gasteiger partial charge is 0.495 e. The molecule has 0 bridgehead atoms. The van der Waals surface area contributed by atoms with Gasteiger partial charge in [0.05, 0.1) is 24.1 Å². The van der Waals surface area contributed by atoms with Gasteiger partial charge in [-0.3, -0.25) is 13.9 Å². The molecule has 2 aromatic rings. The summed E-state index contributed by atoms with van der Waals surface area (Å²) in [6.07, 6.45) is 1.72. The summed E-state index contributed by atoms with van der Waals surface area (Å²) < 4.78 is 31.3. The molecule has 0 heterocycles. The van der Waals surface area contributed by atoms with Crippen LogP contribution >= 0.6 is 23.2 Å². The number of nitrogens with zero attached hydrogens (tertiary/aromatic N) is 2. The summed E-state index contributed by atoms with van der Waals surface area (Å²) in [5.74, 6) is -0.557. The minimum atomic E-state index is -3.87. The van der Waals surface area contributed by atoms with Crippen LogP contribution < -0.4 is 14.4 Å². The van der Waals surface area contributed by atoms with Gasteiger partial charge >= 0.3 is 0 Å². The first-order chi connectivity index (χ1) is 16.4. The van der Waals surface area contributed by atoms with Gasteiger partial charge < -0.3 is 15.0 Å². The van der Waals surface area contributed by atoms with Crippen molar-refractivity contribution in [2.75, 3.05) is 24.2 Å². The average Bonchev–Trinajstić information content (AvgIpc) is 2.80. The van der Waals surface area contributed by atoms with Crippen LogP contribution in [0.3, 0.4) is 0 Å². The number of halogens is 2. The molecule has 0 saturated heterocycles. The van der Waals surface area contributed by atoms with Crippen LogP contribution in [-0.2, 0) is 26.2 Å². The molecule has 0 aliphatic carbocycles. The Kier molecular flexibility index (Phi) is 10.2. The Morgan fingerprint density at radius 1 is 1.09 bits per heavy atom. The number of ether oxygens (including phenoxy) is 1. The average molecular weight is 545 g/mol. The summed E-state index contributed by atoms with van der Waals surface area (Å²) in [5.41, 5.74) is 0.824. The van der Waals surface area contributed by atoms with Crippen molar-refractivity contribution < 1.29 is 22.7 Å². The van der Waals surface area contributed by atoms with Crippen LogP contribution in [0.2, 0.25) is 10.0 Å². The third kappa shape index (κ3) is 7.75. The van der Waals surface area contributed by atoms with E-state index in [1.54, 1.807) is 31.2 Å². The first-order valence-electron chi connectivity index (χ1n) is 11.0. The van der Waals surface area contributed by atoms with Crippen LogP contribution in [0.15, 0.2) is 42.5 Å². The highest BCUT2D eigenvalue weighted by molar-refractivity contribution is 7.92. The fourth-order valence-electron chi connectivity index (χ4n) is 3.28. The van der Waals surface area contributed by atoms with Crippen LogP contribution in [0.5, 0.6) is 5.75 Å². The van der Waals surface area contributed by atoms with Gasteiger partial charge in [-0.2, -0.15) is 0 Å². The van der Waals surface area contributed by atoms with Crippen LogP contribution in [0, 0.1) is 0 Å². The summed E-state index contributed by atoms with van der Waals surface area (Å²) in [5, 5.41) is 3.50. The number of carbonyl (C=O) groups is 2. The van der Waals surface area contributed by atoms with Gasteiger partial charge in [-0.05, 0) is 50.1 Å². The van der Waals surface area contributed by atoms with E-state index < -0.39 is 28.5 Å². The van der Waals surface area contributed by atoms with Gasteiger partial charge in [-0.25, -0.2) is 8.42 Å². The molecule has 2 atom stereocenters. The quantitative estimate of drug-likeness (QED) is 0.460. The van der Waals surface area contributed by atoms with Crippen LogP contribution in [0.4, 0.5) is 5.69 Å². The van der Waals surface area contributed by atoms with E-state index in [1.165, 1.54) is 30.2 Å². The molecule has 1 N–H and O–H groups in total. The molecular formula is C24H31Cl2N3O5S. The number of nitrogens with one attached hydrogen (secondary N) is 1. The molecule has 11 heteroatoms. The molecule has 35 heavy (non-hydrogen) atoms. The topological polar surface area (TPSA) is 96.0 Å². The normalized spacial score (nSPS) is 13.0. The van der Waals surface area contributed by atoms with Gasteiger partial charge in [0, 0.05) is 17.6 Å². The number of amides is 2. The van der Waals surface area contributed by atoms with Gasteiger partial charge in [0.2, 0.25) is 21.8 Å². The minimum Gasteiger partial charge on any atom is -0.495 e. The predicted octanol–water partition coefficient (Wildman–Crippen LogP) is 4.10. The summed E-state index contributed by atoms with van der Waals surface area (Å²) in [7, 11) is -2.43. The Morgan fingerprint density at radius 3 is 2.29 bits per heavy atom. The lowest BCUT2D eigenvalue weighted by Crippen LogP contribution is -2.52. The van der Waals surface area contributed by atoms with Gasteiger partial charge in [0.15, 0.2) is 0 Å². The highest BCUT2D eigenvalue weighted by atomic mass is 35.5. The van der Waals surface area contributed by atoms with E-state index >= 15 is 0 Å². The zero-order chi connectivity index (χ0) is 26.3. The molecule has 0 aromatic heterocycles. The first-order valence-corrected chi connectivity index (χ1v) is 13.6. The van der Waals surface area contributed by atoms with Crippen LogP contribution in [0.25, 0.3) is 0 Å². The van der Waals surface area contributed by atoms with E-state index in [4.69, 9.17) is 27.9 Å². The van der Waals surface area contributed by atoms with Gasteiger partial charge in [-0.15, -0.1) is 0 Å². The fraction of sp³-hybridized carbons (Fsp3) is 0.417. The lowest BCUT2D eigenvalue weighted by molar-refractivity contribution is -0.139. The Labute approximate surface area is 217 Å². The van der Waals surface area contributed by atoms with E-state index in [0.29, 0.717) is 16.3 Å². The Bertz CT molecular complexity index is 1160. The number of hydrogen-bond donors (Lipinski definition) is 1. The second kappa shape index (κ2) is 12.5. The van der Waals surface area contributed by atoms with Crippen LogP contribution in [-0.4, -0.2) is 57.1 Å². The summed E-state index contributed by atoms with van der Waals surface area (Å²) in [4.78, 5) is 27.8. The molecule has 0 radical (unpaired) electrons. The van der Waals surface area contributed by atoms with Crippen molar-refractivity contribution >= 4 is 50.7 Å². The van der Waals surface area contributed by atoms with E-state index in [0.717, 1.165) is 17.0 Å². The number of benzene rings is 2. The van der Waals surface area contributed by atoms with Gasteiger partial charge in [-0.1, -0.05) is 48.3 Å². The second-order valence-electron chi connectivity index (χ2n) is 8.20.